The first kappa shape index (κ1) is 11.9. The van der Waals surface area contributed by atoms with Gasteiger partial charge in [-0.15, -0.1) is 0 Å². The summed E-state index contributed by atoms with van der Waals surface area (Å²) in [7, 11) is 0. The highest BCUT2D eigenvalue weighted by atomic mass is 35.5. The van der Waals surface area contributed by atoms with Gasteiger partial charge in [0.15, 0.2) is 0 Å². The number of anilines is 1. The Morgan fingerprint density at radius 3 is 2.42 bits per heavy atom. The number of hydrogen-bond donors (Lipinski definition) is 1. The lowest BCUT2D eigenvalue weighted by Crippen LogP contribution is -2.12. The quantitative estimate of drug-likeness (QED) is 0.812. The molecule has 2 aromatic carbocycles. The van der Waals surface area contributed by atoms with Gasteiger partial charge in [-0.1, -0.05) is 23.7 Å². The molecule has 1 N–H and O–H groups in total. The molecule has 0 unspecified atom stereocenters. The highest BCUT2D eigenvalue weighted by Gasteiger charge is 2.27. The van der Waals surface area contributed by atoms with Gasteiger partial charge < -0.3 is 5.32 Å². The highest BCUT2D eigenvalue weighted by molar-refractivity contribution is 6.51. The van der Waals surface area contributed by atoms with E-state index in [0.717, 1.165) is 0 Å². The van der Waals surface area contributed by atoms with E-state index in [-0.39, 0.29) is 5.02 Å². The average molecular weight is 276 g/mol. The van der Waals surface area contributed by atoms with Gasteiger partial charge in [-0.05, 0) is 35.4 Å². The fraction of sp³-hybridized carbons (Fsp3) is 0. The van der Waals surface area contributed by atoms with E-state index >= 15 is 0 Å². The van der Waals surface area contributed by atoms with E-state index in [0.29, 0.717) is 22.4 Å². The van der Waals surface area contributed by atoms with Gasteiger partial charge in [0.2, 0.25) is 0 Å². The van der Waals surface area contributed by atoms with Crippen molar-refractivity contribution in [2.24, 2.45) is 0 Å². The van der Waals surface area contributed by atoms with Gasteiger partial charge in [-0.3, -0.25) is 9.59 Å². The van der Waals surface area contributed by atoms with E-state index in [2.05, 4.69) is 5.32 Å². The van der Waals surface area contributed by atoms with Crippen molar-refractivity contribution < 1.29 is 14.0 Å². The first-order valence-corrected chi connectivity index (χ1v) is 5.89. The number of fused-ring (bicyclic) bond motifs is 1. The molecule has 5 heteroatoms. The molecule has 0 atom stereocenters. The lowest BCUT2D eigenvalue weighted by Gasteiger charge is -2.05. The summed E-state index contributed by atoms with van der Waals surface area (Å²) in [5.74, 6) is -1.70. The molecule has 3 nitrogen and oxygen atoms in total. The van der Waals surface area contributed by atoms with Crippen LogP contribution in [0.4, 0.5) is 10.1 Å². The zero-order valence-corrected chi connectivity index (χ0v) is 10.3. The molecule has 0 aliphatic carbocycles. The van der Waals surface area contributed by atoms with E-state index in [1.165, 1.54) is 12.1 Å². The Labute approximate surface area is 113 Å². The average Bonchev–Trinajstić information content (AvgIpc) is 2.68. The van der Waals surface area contributed by atoms with Gasteiger partial charge in [-0.25, -0.2) is 4.39 Å². The van der Waals surface area contributed by atoms with Crippen LogP contribution in [0.15, 0.2) is 36.4 Å². The zero-order valence-electron chi connectivity index (χ0n) is 9.54. The van der Waals surface area contributed by atoms with Crippen LogP contribution in [-0.4, -0.2) is 11.7 Å². The smallest absolute Gasteiger partial charge is 0.296 e. The van der Waals surface area contributed by atoms with Crippen molar-refractivity contribution in [2.75, 3.05) is 5.32 Å². The van der Waals surface area contributed by atoms with Crippen molar-refractivity contribution in [3.8, 4) is 11.1 Å². The van der Waals surface area contributed by atoms with Crippen LogP contribution < -0.4 is 5.32 Å². The van der Waals surface area contributed by atoms with Crippen LogP contribution in [0, 0.1) is 5.82 Å². The van der Waals surface area contributed by atoms with Gasteiger partial charge >= 0.3 is 0 Å². The Bertz CT molecular complexity index is 727. The van der Waals surface area contributed by atoms with Crippen LogP contribution in [0.1, 0.15) is 10.4 Å². The summed E-state index contributed by atoms with van der Waals surface area (Å²) in [5, 5.41) is 2.48. The maximum absolute atomic E-state index is 13.1. The monoisotopic (exact) mass is 275 g/mol. The van der Waals surface area contributed by atoms with Gasteiger partial charge in [0.05, 0.1) is 16.3 Å². The molecule has 0 bridgehead atoms. The van der Waals surface area contributed by atoms with Crippen molar-refractivity contribution in [1.82, 2.24) is 0 Å². The van der Waals surface area contributed by atoms with Gasteiger partial charge in [0.25, 0.3) is 11.7 Å². The number of carbonyl (C=O) groups excluding carboxylic acids is 2. The minimum absolute atomic E-state index is 0.0125. The Morgan fingerprint density at radius 1 is 1.00 bits per heavy atom. The molecule has 19 heavy (non-hydrogen) atoms. The van der Waals surface area contributed by atoms with Crippen molar-refractivity contribution >= 4 is 29.0 Å². The molecule has 1 heterocycles. The highest BCUT2D eigenvalue weighted by Crippen LogP contribution is 2.30. The molecular weight excluding hydrogens is 269 g/mol. The molecule has 1 amide bonds. The summed E-state index contributed by atoms with van der Waals surface area (Å²) in [6.45, 7) is 0. The number of hydrogen-bond acceptors (Lipinski definition) is 2. The topological polar surface area (TPSA) is 46.2 Å². The minimum Gasteiger partial charge on any atom is -0.318 e. The first-order valence-electron chi connectivity index (χ1n) is 5.51. The molecule has 3 rings (SSSR count). The molecule has 0 aromatic heterocycles. The van der Waals surface area contributed by atoms with Crippen LogP contribution in [0.25, 0.3) is 11.1 Å². The van der Waals surface area contributed by atoms with Gasteiger partial charge in [0, 0.05) is 0 Å². The number of amides is 1. The largest absolute Gasteiger partial charge is 0.318 e. The molecule has 0 spiro atoms. The molecule has 2 aromatic rings. The third kappa shape index (κ3) is 1.90. The van der Waals surface area contributed by atoms with Gasteiger partial charge in [-0.2, -0.15) is 0 Å². The standard InChI is InChI=1S/C14H7ClFNO2/c15-10-6-8(1-3-11(10)16)7-2-4-12-9(5-7)13(18)14(19)17-12/h1-6H,(H,17,18,19). The summed E-state index contributed by atoms with van der Waals surface area (Å²) < 4.78 is 13.1. The van der Waals surface area contributed by atoms with Crippen molar-refractivity contribution in [3.63, 3.8) is 0 Å². The van der Waals surface area contributed by atoms with Gasteiger partial charge in [0.1, 0.15) is 5.82 Å². The van der Waals surface area contributed by atoms with Crippen LogP contribution in [0.3, 0.4) is 0 Å². The van der Waals surface area contributed by atoms with Crippen molar-refractivity contribution in [1.29, 1.82) is 0 Å². The molecular formula is C14H7ClFNO2. The van der Waals surface area contributed by atoms with Crippen molar-refractivity contribution in [3.05, 3.63) is 52.8 Å². The van der Waals surface area contributed by atoms with E-state index in [9.17, 15) is 14.0 Å². The molecule has 0 radical (unpaired) electrons. The van der Waals surface area contributed by atoms with E-state index in [1.54, 1.807) is 24.3 Å². The Kier molecular flexibility index (Phi) is 2.61. The third-order valence-electron chi connectivity index (χ3n) is 2.97. The molecule has 94 valence electrons. The summed E-state index contributed by atoms with van der Waals surface area (Å²) in [4.78, 5) is 22.8. The zero-order chi connectivity index (χ0) is 13.6. The Balaban J connectivity index is 2.10. The minimum atomic E-state index is -0.635. The number of rotatable bonds is 1. The number of carbonyl (C=O) groups is 2. The summed E-state index contributed by atoms with van der Waals surface area (Å²) in [6.07, 6.45) is 0. The third-order valence-corrected chi connectivity index (χ3v) is 3.26. The maximum Gasteiger partial charge on any atom is 0.296 e. The van der Waals surface area contributed by atoms with Crippen LogP contribution in [0.5, 0.6) is 0 Å². The normalized spacial score (nSPS) is 13.4. The fourth-order valence-electron chi connectivity index (χ4n) is 2.00. The first-order chi connectivity index (χ1) is 9.06. The van der Waals surface area contributed by atoms with E-state index in [4.69, 9.17) is 11.6 Å². The molecule has 0 fully saturated rings. The van der Waals surface area contributed by atoms with E-state index in [1.807, 2.05) is 0 Å². The second-order valence-electron chi connectivity index (χ2n) is 4.17. The summed E-state index contributed by atoms with van der Waals surface area (Å²) in [6, 6.07) is 9.28. The number of Topliss-reactive ketones (excluding diaryl/α,β-unsaturated/α-hetero) is 1. The number of halogens is 2. The number of benzene rings is 2. The maximum atomic E-state index is 13.1. The summed E-state index contributed by atoms with van der Waals surface area (Å²) in [5.41, 5.74) is 2.20. The number of ketones is 1. The molecule has 0 saturated heterocycles. The second-order valence-corrected chi connectivity index (χ2v) is 4.58. The van der Waals surface area contributed by atoms with E-state index < -0.39 is 17.5 Å². The lowest BCUT2D eigenvalue weighted by atomic mass is 10.0. The fourth-order valence-corrected chi connectivity index (χ4v) is 2.18. The summed E-state index contributed by atoms with van der Waals surface area (Å²) >= 11 is 5.72. The molecule has 1 aliphatic rings. The predicted octanol–water partition coefficient (Wildman–Crippen LogP) is 3.28. The van der Waals surface area contributed by atoms with Crippen LogP contribution in [-0.2, 0) is 4.79 Å². The Morgan fingerprint density at radius 2 is 1.68 bits per heavy atom. The Hall–Kier alpha value is -2.20. The molecule has 0 saturated carbocycles. The predicted molar refractivity (Wildman–Crippen MR) is 69.8 cm³/mol. The van der Waals surface area contributed by atoms with Crippen molar-refractivity contribution in [2.45, 2.75) is 0 Å². The number of nitrogens with one attached hydrogen (secondary N) is 1. The second kappa shape index (κ2) is 4.17. The van der Waals surface area contributed by atoms with Crippen LogP contribution in [0.2, 0.25) is 5.02 Å². The lowest BCUT2D eigenvalue weighted by molar-refractivity contribution is -0.112. The van der Waals surface area contributed by atoms with Crippen LogP contribution >= 0.6 is 11.6 Å². The molecule has 1 aliphatic heterocycles. The SMILES string of the molecule is O=C1Nc2ccc(-c3ccc(F)c(Cl)c3)cc2C1=O.